The molecule has 0 bridgehead atoms. The average Bonchev–Trinajstić information content (AvgIpc) is 3.33. The summed E-state index contributed by atoms with van der Waals surface area (Å²) in [5.41, 5.74) is 2.44. The molecule has 10 heteroatoms. The second-order valence-electron chi connectivity index (χ2n) is 6.62. The van der Waals surface area contributed by atoms with E-state index < -0.39 is 4.92 Å². The summed E-state index contributed by atoms with van der Waals surface area (Å²) in [4.78, 5) is 29.2. The fourth-order valence-electron chi connectivity index (χ4n) is 3.17. The molecule has 0 saturated heterocycles. The van der Waals surface area contributed by atoms with Gasteiger partial charge in [-0.3, -0.25) is 19.3 Å². The third kappa shape index (κ3) is 3.80. The lowest BCUT2D eigenvalue weighted by molar-refractivity contribution is -0.384. The van der Waals surface area contributed by atoms with E-state index in [4.69, 9.17) is 9.47 Å². The number of carbonyl (C=O) groups excluding carboxylic acids is 1. The van der Waals surface area contributed by atoms with Crippen LogP contribution in [-0.4, -0.2) is 34.4 Å². The van der Waals surface area contributed by atoms with E-state index in [1.165, 1.54) is 30.6 Å². The molecule has 31 heavy (non-hydrogen) atoms. The molecule has 0 atom stereocenters. The molecule has 1 amide bonds. The molecule has 2 aromatic heterocycles. The van der Waals surface area contributed by atoms with Crippen LogP contribution in [-0.2, 0) is 0 Å². The molecule has 4 aromatic rings. The van der Waals surface area contributed by atoms with E-state index >= 15 is 0 Å². The minimum atomic E-state index is -0.442. The minimum absolute atomic E-state index is 0.00196. The first-order chi connectivity index (χ1) is 14.9. The Morgan fingerprint density at radius 3 is 2.68 bits per heavy atom. The normalized spacial score (nSPS) is 10.8. The number of hydrogen-bond donors (Lipinski definition) is 1. The second-order valence-corrected chi connectivity index (χ2v) is 7.60. The Bertz CT molecular complexity index is 1310. The number of rotatable bonds is 6. The van der Waals surface area contributed by atoms with Crippen LogP contribution in [0.2, 0.25) is 0 Å². The monoisotopic (exact) mass is 438 g/mol. The highest BCUT2D eigenvalue weighted by molar-refractivity contribution is 7.19. The molecule has 0 aliphatic rings. The quantitative estimate of drug-likeness (QED) is 0.350. The van der Waals surface area contributed by atoms with E-state index in [2.05, 4.69) is 10.3 Å². The predicted octanol–water partition coefficient (Wildman–Crippen LogP) is 4.55. The highest BCUT2D eigenvalue weighted by atomic mass is 32.1. The maximum absolute atomic E-state index is 12.9. The summed E-state index contributed by atoms with van der Waals surface area (Å²) in [6.45, 7) is 1.82. The number of anilines is 1. The van der Waals surface area contributed by atoms with Gasteiger partial charge in [0.05, 0.1) is 30.5 Å². The Kier molecular flexibility index (Phi) is 5.30. The standard InChI is InChI=1S/C21H18N4O5S/c1-12-19(20(26)22-16-10-15(29-2)7-8-18(16)30-3)31-21-23-17(11-24(12)21)13-5-4-6-14(9-13)25(27)28/h4-11H,1-3H3,(H,22,26). The van der Waals surface area contributed by atoms with Crippen LogP contribution in [0, 0.1) is 17.0 Å². The number of fused-ring (bicyclic) bond motifs is 1. The summed E-state index contributed by atoms with van der Waals surface area (Å²) in [5.74, 6) is 0.813. The van der Waals surface area contributed by atoms with Gasteiger partial charge >= 0.3 is 0 Å². The third-order valence-electron chi connectivity index (χ3n) is 4.77. The molecule has 9 nitrogen and oxygen atoms in total. The Balaban J connectivity index is 1.65. The van der Waals surface area contributed by atoms with E-state index in [0.717, 1.165) is 0 Å². The molecule has 0 aliphatic carbocycles. The molecule has 2 aromatic carbocycles. The van der Waals surface area contributed by atoms with Crippen molar-refractivity contribution in [3.8, 4) is 22.8 Å². The van der Waals surface area contributed by atoms with Gasteiger partial charge in [0.1, 0.15) is 16.4 Å². The molecule has 0 aliphatic heterocycles. The molecule has 1 N–H and O–H groups in total. The zero-order valence-electron chi connectivity index (χ0n) is 16.9. The van der Waals surface area contributed by atoms with Gasteiger partial charge in [0, 0.05) is 35.7 Å². The van der Waals surface area contributed by atoms with Crippen molar-refractivity contribution in [3.63, 3.8) is 0 Å². The van der Waals surface area contributed by atoms with E-state index in [-0.39, 0.29) is 11.6 Å². The van der Waals surface area contributed by atoms with Crippen LogP contribution >= 0.6 is 11.3 Å². The number of nitrogens with one attached hydrogen (secondary N) is 1. The van der Waals surface area contributed by atoms with Gasteiger partial charge in [-0.15, -0.1) is 0 Å². The second kappa shape index (κ2) is 8.07. The number of hydrogen-bond acceptors (Lipinski definition) is 7. The number of nitro groups is 1. The number of carbonyl (C=O) groups is 1. The number of aromatic nitrogens is 2. The Morgan fingerprint density at radius 2 is 2.00 bits per heavy atom. The van der Waals surface area contributed by atoms with Crippen LogP contribution in [0.5, 0.6) is 11.5 Å². The van der Waals surface area contributed by atoms with Gasteiger partial charge in [0.2, 0.25) is 0 Å². The first-order valence-electron chi connectivity index (χ1n) is 9.18. The number of nitrogens with zero attached hydrogens (tertiary/aromatic N) is 3. The van der Waals surface area contributed by atoms with Crippen molar-refractivity contribution < 1.29 is 19.2 Å². The van der Waals surface area contributed by atoms with Gasteiger partial charge < -0.3 is 14.8 Å². The van der Waals surface area contributed by atoms with Crippen molar-refractivity contribution in [3.05, 3.63) is 69.3 Å². The first-order valence-corrected chi connectivity index (χ1v) is 9.99. The molecule has 0 radical (unpaired) electrons. The number of amides is 1. The van der Waals surface area contributed by atoms with E-state index in [0.29, 0.717) is 44.0 Å². The largest absolute Gasteiger partial charge is 0.497 e. The van der Waals surface area contributed by atoms with Crippen molar-refractivity contribution in [1.82, 2.24) is 9.38 Å². The van der Waals surface area contributed by atoms with E-state index in [1.54, 1.807) is 48.0 Å². The minimum Gasteiger partial charge on any atom is -0.497 e. The summed E-state index contributed by atoms with van der Waals surface area (Å²) in [6, 6.07) is 11.4. The number of aryl methyl sites for hydroxylation is 1. The fourth-order valence-corrected chi connectivity index (χ4v) is 4.17. The maximum Gasteiger partial charge on any atom is 0.270 e. The average molecular weight is 438 g/mol. The first kappa shape index (κ1) is 20.4. The molecule has 2 heterocycles. The molecule has 0 fully saturated rings. The van der Waals surface area contributed by atoms with Gasteiger partial charge in [0.15, 0.2) is 4.96 Å². The van der Waals surface area contributed by atoms with Crippen molar-refractivity contribution in [2.24, 2.45) is 0 Å². The lowest BCUT2D eigenvalue weighted by Crippen LogP contribution is -2.12. The van der Waals surface area contributed by atoms with Crippen LogP contribution in [0.15, 0.2) is 48.7 Å². The summed E-state index contributed by atoms with van der Waals surface area (Å²) < 4.78 is 12.3. The smallest absolute Gasteiger partial charge is 0.270 e. The van der Waals surface area contributed by atoms with Gasteiger partial charge in [-0.1, -0.05) is 23.5 Å². The van der Waals surface area contributed by atoms with E-state index in [1.807, 2.05) is 6.92 Å². The summed E-state index contributed by atoms with van der Waals surface area (Å²) in [5, 5.41) is 13.9. The van der Waals surface area contributed by atoms with Crippen LogP contribution in [0.25, 0.3) is 16.2 Å². The van der Waals surface area contributed by atoms with Gasteiger partial charge in [-0.2, -0.15) is 0 Å². The van der Waals surface area contributed by atoms with Gasteiger partial charge in [-0.05, 0) is 19.1 Å². The van der Waals surface area contributed by atoms with Crippen LogP contribution in [0.4, 0.5) is 11.4 Å². The SMILES string of the molecule is COc1ccc(OC)c(NC(=O)c2sc3nc(-c4cccc([N+](=O)[O-])c4)cn3c2C)c1. The summed E-state index contributed by atoms with van der Waals surface area (Å²) >= 11 is 1.23. The summed E-state index contributed by atoms with van der Waals surface area (Å²) in [6.07, 6.45) is 1.77. The highest BCUT2D eigenvalue weighted by Crippen LogP contribution is 2.32. The van der Waals surface area contributed by atoms with Crippen LogP contribution in [0.1, 0.15) is 15.4 Å². The predicted molar refractivity (Wildman–Crippen MR) is 117 cm³/mol. The zero-order chi connectivity index (χ0) is 22.1. The zero-order valence-corrected chi connectivity index (χ0v) is 17.7. The van der Waals surface area contributed by atoms with Crippen molar-refractivity contribution >= 4 is 33.6 Å². The Labute approximate surface area is 181 Å². The lowest BCUT2D eigenvalue weighted by Gasteiger charge is -2.11. The third-order valence-corrected chi connectivity index (χ3v) is 5.93. The van der Waals surface area contributed by atoms with Crippen molar-refractivity contribution in [2.75, 3.05) is 19.5 Å². The number of ether oxygens (including phenoxy) is 2. The Hall–Kier alpha value is -3.92. The molecule has 0 saturated carbocycles. The maximum atomic E-state index is 12.9. The van der Waals surface area contributed by atoms with Crippen molar-refractivity contribution in [2.45, 2.75) is 6.92 Å². The fraction of sp³-hybridized carbons (Fsp3) is 0.143. The van der Waals surface area contributed by atoms with E-state index in [9.17, 15) is 14.9 Å². The topological polar surface area (TPSA) is 108 Å². The number of non-ortho nitro benzene ring substituents is 1. The molecular formula is C21H18N4O5S. The van der Waals surface area contributed by atoms with Gasteiger partial charge in [0.25, 0.3) is 11.6 Å². The number of methoxy groups -OCH3 is 2. The van der Waals surface area contributed by atoms with Crippen molar-refractivity contribution in [1.29, 1.82) is 0 Å². The van der Waals surface area contributed by atoms with Crippen LogP contribution in [0.3, 0.4) is 0 Å². The Morgan fingerprint density at radius 1 is 1.19 bits per heavy atom. The number of thiazole rings is 1. The molecule has 0 spiro atoms. The molecule has 0 unspecified atom stereocenters. The molecule has 4 rings (SSSR count). The molecule has 158 valence electrons. The number of imidazole rings is 1. The number of benzene rings is 2. The van der Waals surface area contributed by atoms with Crippen LogP contribution < -0.4 is 14.8 Å². The molecular weight excluding hydrogens is 420 g/mol. The van der Waals surface area contributed by atoms with Gasteiger partial charge in [-0.25, -0.2) is 4.98 Å². The summed E-state index contributed by atoms with van der Waals surface area (Å²) in [7, 11) is 3.07. The lowest BCUT2D eigenvalue weighted by atomic mass is 10.1. The number of nitro benzene ring substituents is 1. The highest BCUT2D eigenvalue weighted by Gasteiger charge is 2.20.